The van der Waals surface area contributed by atoms with Gasteiger partial charge in [-0.05, 0) is 37.1 Å². The number of likely N-dealkylation sites (N-methyl/N-ethyl adjacent to an activating group) is 1. The maximum absolute atomic E-state index is 12.4. The van der Waals surface area contributed by atoms with Crippen molar-refractivity contribution in [3.8, 4) is 0 Å². The summed E-state index contributed by atoms with van der Waals surface area (Å²) in [6.45, 7) is 5.00. The Morgan fingerprint density at radius 2 is 1.75 bits per heavy atom. The van der Waals surface area contributed by atoms with Crippen LogP contribution in [0.4, 0.5) is 0 Å². The number of carbonyl (C=O) groups excluding carboxylic acids is 2. The lowest BCUT2D eigenvalue weighted by Gasteiger charge is -2.22. The van der Waals surface area contributed by atoms with Crippen LogP contribution in [0.5, 0.6) is 0 Å². The van der Waals surface area contributed by atoms with Gasteiger partial charge in [-0.25, -0.2) is 0 Å². The van der Waals surface area contributed by atoms with E-state index in [4.69, 9.17) is 11.6 Å². The number of rotatable bonds is 6. The third kappa shape index (κ3) is 4.59. The Morgan fingerprint density at radius 1 is 1.08 bits per heavy atom. The van der Waals surface area contributed by atoms with Crippen molar-refractivity contribution in [1.82, 2.24) is 10.2 Å². The van der Waals surface area contributed by atoms with Gasteiger partial charge in [0.05, 0.1) is 17.1 Å². The Morgan fingerprint density at radius 3 is 2.42 bits per heavy atom. The number of nitrogens with one attached hydrogen (secondary N) is 1. The summed E-state index contributed by atoms with van der Waals surface area (Å²) in [6, 6.07) is 14.7. The van der Waals surface area contributed by atoms with Crippen LogP contribution in [-0.4, -0.2) is 29.8 Å². The lowest BCUT2D eigenvalue weighted by molar-refractivity contribution is -0.130. The van der Waals surface area contributed by atoms with Crippen LogP contribution < -0.4 is 5.32 Å². The highest BCUT2D eigenvalue weighted by atomic mass is 35.5. The molecule has 0 spiro atoms. The maximum Gasteiger partial charge on any atom is 0.253 e. The van der Waals surface area contributed by atoms with E-state index in [2.05, 4.69) is 5.32 Å². The molecule has 0 saturated carbocycles. The van der Waals surface area contributed by atoms with Crippen molar-refractivity contribution in [3.05, 3.63) is 70.2 Å². The SMILES string of the molecule is CCN(Cc1ccccc1C)C(=O)CNC(=O)c1ccccc1Cl. The van der Waals surface area contributed by atoms with E-state index in [0.29, 0.717) is 23.7 Å². The molecule has 24 heavy (non-hydrogen) atoms. The lowest BCUT2D eigenvalue weighted by atomic mass is 10.1. The molecule has 0 saturated heterocycles. The Balaban J connectivity index is 1.96. The largest absolute Gasteiger partial charge is 0.343 e. The van der Waals surface area contributed by atoms with E-state index in [1.165, 1.54) is 0 Å². The number of hydrogen-bond donors (Lipinski definition) is 1. The molecule has 0 heterocycles. The fourth-order valence-corrected chi connectivity index (χ4v) is 2.60. The highest BCUT2D eigenvalue weighted by molar-refractivity contribution is 6.33. The second-order valence-corrected chi connectivity index (χ2v) is 5.90. The standard InChI is InChI=1S/C19H21ClN2O2/c1-3-22(13-15-9-5-4-8-14(15)2)18(23)12-21-19(24)16-10-6-7-11-17(16)20/h4-11H,3,12-13H2,1-2H3,(H,21,24). The molecule has 2 rings (SSSR count). The Labute approximate surface area is 147 Å². The topological polar surface area (TPSA) is 49.4 Å². The van der Waals surface area contributed by atoms with Gasteiger partial charge in [0, 0.05) is 13.1 Å². The second-order valence-electron chi connectivity index (χ2n) is 5.50. The van der Waals surface area contributed by atoms with E-state index in [1.807, 2.05) is 38.1 Å². The smallest absolute Gasteiger partial charge is 0.253 e. The molecule has 0 atom stereocenters. The lowest BCUT2D eigenvalue weighted by Crippen LogP contribution is -2.39. The zero-order valence-electron chi connectivity index (χ0n) is 13.9. The van der Waals surface area contributed by atoms with Gasteiger partial charge in [0.15, 0.2) is 0 Å². The molecule has 0 aliphatic rings. The minimum Gasteiger partial charge on any atom is -0.343 e. The van der Waals surface area contributed by atoms with Crippen molar-refractivity contribution in [2.24, 2.45) is 0 Å². The van der Waals surface area contributed by atoms with Gasteiger partial charge in [-0.3, -0.25) is 9.59 Å². The summed E-state index contributed by atoms with van der Waals surface area (Å²) in [5.74, 6) is -0.470. The molecule has 126 valence electrons. The summed E-state index contributed by atoms with van der Waals surface area (Å²) < 4.78 is 0. The fraction of sp³-hybridized carbons (Fsp3) is 0.263. The van der Waals surface area contributed by atoms with Gasteiger partial charge < -0.3 is 10.2 Å². The predicted octanol–water partition coefficient (Wildman–Crippen LogP) is 3.43. The van der Waals surface area contributed by atoms with Crippen LogP contribution in [0.2, 0.25) is 5.02 Å². The van der Waals surface area contributed by atoms with Crippen LogP contribution in [0.3, 0.4) is 0 Å². The molecule has 0 aliphatic carbocycles. The van der Waals surface area contributed by atoms with E-state index in [9.17, 15) is 9.59 Å². The average molecular weight is 345 g/mol. The highest BCUT2D eigenvalue weighted by Gasteiger charge is 2.15. The first-order valence-corrected chi connectivity index (χ1v) is 8.25. The molecule has 1 N–H and O–H groups in total. The predicted molar refractivity (Wildman–Crippen MR) is 96.1 cm³/mol. The summed E-state index contributed by atoms with van der Waals surface area (Å²) >= 11 is 5.99. The number of aryl methyl sites for hydroxylation is 1. The number of carbonyl (C=O) groups is 2. The third-order valence-corrected chi connectivity index (χ3v) is 4.21. The van der Waals surface area contributed by atoms with Crippen molar-refractivity contribution in [2.75, 3.05) is 13.1 Å². The van der Waals surface area contributed by atoms with Crippen LogP contribution in [0, 0.1) is 6.92 Å². The monoisotopic (exact) mass is 344 g/mol. The first kappa shape index (κ1) is 18.0. The molecule has 0 bridgehead atoms. The molecular weight excluding hydrogens is 324 g/mol. The van der Waals surface area contributed by atoms with Crippen LogP contribution in [0.1, 0.15) is 28.4 Å². The second kappa shape index (κ2) is 8.50. The van der Waals surface area contributed by atoms with Crippen LogP contribution in [0.25, 0.3) is 0 Å². The molecule has 2 aromatic carbocycles. The molecule has 0 aliphatic heterocycles. The molecule has 0 fully saturated rings. The number of amides is 2. The molecule has 0 aromatic heterocycles. The maximum atomic E-state index is 12.4. The summed E-state index contributed by atoms with van der Waals surface area (Å²) in [5, 5.41) is 3.01. The molecule has 5 heteroatoms. The molecule has 0 radical (unpaired) electrons. The van der Waals surface area contributed by atoms with Gasteiger partial charge in [-0.2, -0.15) is 0 Å². The van der Waals surface area contributed by atoms with E-state index >= 15 is 0 Å². The summed E-state index contributed by atoms with van der Waals surface area (Å²) in [7, 11) is 0. The van der Waals surface area contributed by atoms with Crippen LogP contribution in [-0.2, 0) is 11.3 Å². The van der Waals surface area contributed by atoms with Gasteiger partial charge in [-0.1, -0.05) is 48.0 Å². The number of halogens is 1. The van der Waals surface area contributed by atoms with Gasteiger partial charge in [0.1, 0.15) is 0 Å². The van der Waals surface area contributed by atoms with Gasteiger partial charge >= 0.3 is 0 Å². The zero-order valence-corrected chi connectivity index (χ0v) is 14.6. The molecule has 2 aromatic rings. The Bertz CT molecular complexity index is 731. The molecule has 4 nitrogen and oxygen atoms in total. The first-order chi connectivity index (χ1) is 11.5. The van der Waals surface area contributed by atoms with E-state index in [0.717, 1.165) is 11.1 Å². The van der Waals surface area contributed by atoms with Crippen molar-refractivity contribution >= 4 is 23.4 Å². The first-order valence-electron chi connectivity index (χ1n) is 7.88. The molecule has 0 unspecified atom stereocenters. The minimum absolute atomic E-state index is 0.0518. The van der Waals surface area contributed by atoms with Crippen LogP contribution in [0.15, 0.2) is 48.5 Å². The summed E-state index contributed by atoms with van der Waals surface area (Å²) in [6.07, 6.45) is 0. The summed E-state index contributed by atoms with van der Waals surface area (Å²) in [4.78, 5) is 26.2. The number of hydrogen-bond acceptors (Lipinski definition) is 2. The Hall–Kier alpha value is -2.33. The van der Waals surface area contributed by atoms with Crippen LogP contribution >= 0.6 is 11.6 Å². The van der Waals surface area contributed by atoms with E-state index in [-0.39, 0.29) is 18.4 Å². The number of nitrogens with zero attached hydrogens (tertiary/aromatic N) is 1. The minimum atomic E-state index is -0.346. The van der Waals surface area contributed by atoms with E-state index < -0.39 is 0 Å². The van der Waals surface area contributed by atoms with Crippen molar-refractivity contribution in [2.45, 2.75) is 20.4 Å². The average Bonchev–Trinajstić information content (AvgIpc) is 2.59. The van der Waals surface area contributed by atoms with Crippen molar-refractivity contribution in [3.63, 3.8) is 0 Å². The number of benzene rings is 2. The van der Waals surface area contributed by atoms with Gasteiger partial charge in [0.25, 0.3) is 5.91 Å². The fourth-order valence-electron chi connectivity index (χ4n) is 2.38. The van der Waals surface area contributed by atoms with Gasteiger partial charge in [-0.15, -0.1) is 0 Å². The third-order valence-electron chi connectivity index (χ3n) is 3.88. The summed E-state index contributed by atoms with van der Waals surface area (Å²) in [5.41, 5.74) is 2.61. The van der Waals surface area contributed by atoms with Crippen molar-refractivity contribution < 1.29 is 9.59 Å². The molecular formula is C19H21ClN2O2. The quantitative estimate of drug-likeness (QED) is 0.872. The molecule has 2 amide bonds. The van der Waals surface area contributed by atoms with Gasteiger partial charge in [0.2, 0.25) is 5.91 Å². The van der Waals surface area contributed by atoms with Crippen molar-refractivity contribution in [1.29, 1.82) is 0 Å². The Kier molecular flexibility index (Phi) is 6.38. The van der Waals surface area contributed by atoms with E-state index in [1.54, 1.807) is 29.2 Å². The normalized spacial score (nSPS) is 10.3. The highest BCUT2D eigenvalue weighted by Crippen LogP contribution is 2.14. The zero-order chi connectivity index (χ0) is 17.5.